The third kappa shape index (κ3) is 7.25. The number of hydrogen-bond donors (Lipinski definition) is 1. The zero-order valence-electron chi connectivity index (χ0n) is 25.2. The Morgan fingerprint density at radius 1 is 1.05 bits per heavy atom. The van der Waals surface area contributed by atoms with Gasteiger partial charge in [-0.3, -0.25) is 14.5 Å². The molecule has 1 aromatic carbocycles. The van der Waals surface area contributed by atoms with E-state index in [2.05, 4.69) is 20.2 Å². The van der Waals surface area contributed by atoms with Crippen molar-refractivity contribution in [2.24, 2.45) is 0 Å². The molecule has 12 heteroatoms. The summed E-state index contributed by atoms with van der Waals surface area (Å²) < 4.78 is 14.0. The summed E-state index contributed by atoms with van der Waals surface area (Å²) in [7, 11) is 0. The van der Waals surface area contributed by atoms with Crippen molar-refractivity contribution >= 4 is 46.9 Å². The molecule has 0 atom stereocenters. The third-order valence-corrected chi connectivity index (χ3v) is 8.32. The van der Waals surface area contributed by atoms with Gasteiger partial charge in [-0.15, -0.1) is 0 Å². The predicted octanol–water partition coefficient (Wildman–Crippen LogP) is 5.30. The second-order valence-corrected chi connectivity index (χ2v) is 13.3. The average Bonchev–Trinajstić information content (AvgIpc) is 3.13. The van der Waals surface area contributed by atoms with E-state index in [0.717, 1.165) is 22.5 Å². The van der Waals surface area contributed by atoms with E-state index in [9.17, 15) is 18.8 Å². The van der Waals surface area contributed by atoms with E-state index < -0.39 is 16.6 Å². The number of nitrogens with one attached hydrogen (secondary N) is 1. The Kier molecular flexibility index (Phi) is 9.02. The molecule has 0 saturated carbocycles. The molecule has 1 N–H and O–H groups in total. The minimum atomic E-state index is -1.45. The fourth-order valence-electron chi connectivity index (χ4n) is 5.08. The van der Waals surface area contributed by atoms with Crippen molar-refractivity contribution in [2.45, 2.75) is 49.7 Å². The highest BCUT2D eigenvalue weighted by atomic mass is 32.2. The topological polar surface area (TPSA) is 102 Å². The van der Waals surface area contributed by atoms with Gasteiger partial charge in [0.2, 0.25) is 5.91 Å². The van der Waals surface area contributed by atoms with Gasteiger partial charge in [0.05, 0.1) is 12.2 Å². The number of pyridine rings is 2. The normalized spacial score (nSPS) is 17.2. The number of nitrogens with zero attached hydrogens (tertiary/aromatic N) is 6. The van der Waals surface area contributed by atoms with Crippen LogP contribution in [0.15, 0.2) is 84.2 Å². The molecule has 0 unspecified atom stereocenters. The standard InChI is InChI=1S/C32H36FN7O3S/c1-31(2)29(42)40(24-9-11-25(12-10-24)44-32(3,4)33)30(43)39(31)21-23-13-15-34-26(20-23)36-28(41)22-37-16-7-17-38(19-18-37)27-8-5-6-14-35-27/h5-15,17,20H,16,18-19,21-22H2,1-4H3,(H,34,36,41). The number of urea groups is 1. The third-order valence-electron chi connectivity index (χ3n) is 7.33. The summed E-state index contributed by atoms with van der Waals surface area (Å²) in [6, 6.07) is 15.5. The number of anilines is 3. The van der Waals surface area contributed by atoms with Crippen LogP contribution in [-0.2, 0) is 16.1 Å². The number of imide groups is 1. The van der Waals surface area contributed by atoms with Crippen molar-refractivity contribution in [3.8, 4) is 0 Å². The molecule has 2 aliphatic rings. The van der Waals surface area contributed by atoms with Crippen molar-refractivity contribution < 1.29 is 18.8 Å². The van der Waals surface area contributed by atoms with Gasteiger partial charge in [-0.05, 0) is 81.8 Å². The van der Waals surface area contributed by atoms with Crippen LogP contribution in [0.4, 0.5) is 26.5 Å². The van der Waals surface area contributed by atoms with Crippen LogP contribution in [0.5, 0.6) is 0 Å². The van der Waals surface area contributed by atoms with Crippen molar-refractivity contribution in [1.82, 2.24) is 19.8 Å². The van der Waals surface area contributed by atoms with Gasteiger partial charge in [0, 0.05) is 49.7 Å². The first kappa shape index (κ1) is 31.1. The van der Waals surface area contributed by atoms with E-state index >= 15 is 0 Å². The predicted molar refractivity (Wildman–Crippen MR) is 170 cm³/mol. The SMILES string of the molecule is CC(C)(F)Sc1ccc(N2C(=O)N(Cc3ccnc(NC(=O)CN4CC=CN(c5ccccn5)CC4)c3)C(C)(C)C2=O)cc1. The number of amides is 4. The maximum Gasteiger partial charge on any atom is 0.332 e. The summed E-state index contributed by atoms with van der Waals surface area (Å²) in [6.45, 7) is 8.68. The number of alkyl halides is 1. The monoisotopic (exact) mass is 617 g/mol. The average molecular weight is 618 g/mol. The molecular weight excluding hydrogens is 581 g/mol. The van der Waals surface area contributed by atoms with Crippen LogP contribution in [-0.4, -0.2) is 74.3 Å². The Labute approximate surface area is 260 Å². The first-order chi connectivity index (χ1) is 20.9. The molecule has 44 heavy (non-hydrogen) atoms. The van der Waals surface area contributed by atoms with Crippen molar-refractivity contribution in [3.63, 3.8) is 0 Å². The minimum Gasteiger partial charge on any atom is -0.332 e. The second kappa shape index (κ2) is 12.7. The second-order valence-electron chi connectivity index (χ2n) is 11.6. The highest BCUT2D eigenvalue weighted by molar-refractivity contribution is 8.00. The van der Waals surface area contributed by atoms with E-state index in [1.54, 1.807) is 62.6 Å². The lowest BCUT2D eigenvalue weighted by Gasteiger charge is -2.27. The number of halogens is 1. The maximum absolute atomic E-state index is 14.0. The van der Waals surface area contributed by atoms with E-state index in [0.29, 0.717) is 41.6 Å². The number of benzene rings is 1. The van der Waals surface area contributed by atoms with Gasteiger partial charge in [-0.1, -0.05) is 23.9 Å². The number of hydrogen-bond acceptors (Lipinski definition) is 8. The number of thioether (sulfide) groups is 1. The van der Waals surface area contributed by atoms with Gasteiger partial charge in [0.25, 0.3) is 5.91 Å². The first-order valence-electron chi connectivity index (χ1n) is 14.4. The van der Waals surface area contributed by atoms with Gasteiger partial charge in [-0.2, -0.15) is 0 Å². The Bertz CT molecular complexity index is 1540. The van der Waals surface area contributed by atoms with E-state index in [-0.39, 0.29) is 24.9 Å². The molecule has 2 aromatic heterocycles. The lowest BCUT2D eigenvalue weighted by Crippen LogP contribution is -2.43. The maximum atomic E-state index is 14.0. The molecule has 230 valence electrons. The molecule has 2 aliphatic heterocycles. The van der Waals surface area contributed by atoms with Crippen molar-refractivity contribution in [1.29, 1.82) is 0 Å². The van der Waals surface area contributed by atoms with Gasteiger partial charge >= 0.3 is 6.03 Å². The molecule has 4 amide bonds. The summed E-state index contributed by atoms with van der Waals surface area (Å²) in [6.07, 6.45) is 7.32. The molecule has 0 aliphatic carbocycles. The highest BCUT2D eigenvalue weighted by Crippen LogP contribution is 2.37. The lowest BCUT2D eigenvalue weighted by molar-refractivity contribution is -0.123. The van der Waals surface area contributed by atoms with Gasteiger partial charge < -0.3 is 15.1 Å². The molecule has 1 saturated heterocycles. The van der Waals surface area contributed by atoms with Gasteiger partial charge in [0.1, 0.15) is 17.2 Å². The first-order valence-corrected chi connectivity index (χ1v) is 15.2. The fraction of sp³-hybridized carbons (Fsp3) is 0.344. The quantitative estimate of drug-likeness (QED) is 0.255. The smallest absolute Gasteiger partial charge is 0.332 e. The van der Waals surface area contributed by atoms with Crippen LogP contribution in [0.25, 0.3) is 0 Å². The Hall–Kier alpha value is -4.29. The minimum absolute atomic E-state index is 0.143. The van der Waals surface area contributed by atoms with Gasteiger partial charge in [0.15, 0.2) is 5.00 Å². The molecule has 1 fully saturated rings. The van der Waals surface area contributed by atoms with E-state index in [1.165, 1.54) is 18.7 Å². The summed E-state index contributed by atoms with van der Waals surface area (Å²) in [5.41, 5.74) is 0.0273. The van der Waals surface area contributed by atoms with Crippen LogP contribution in [0.3, 0.4) is 0 Å². The fourth-order valence-corrected chi connectivity index (χ4v) is 5.91. The Morgan fingerprint density at radius 2 is 1.82 bits per heavy atom. The summed E-state index contributed by atoms with van der Waals surface area (Å²) in [5, 5.41) is 1.41. The van der Waals surface area contributed by atoms with E-state index in [1.807, 2.05) is 35.4 Å². The zero-order valence-corrected chi connectivity index (χ0v) is 26.1. The molecule has 5 rings (SSSR count). The summed E-state index contributed by atoms with van der Waals surface area (Å²) in [4.78, 5) is 56.0. The van der Waals surface area contributed by atoms with Crippen LogP contribution in [0.1, 0.15) is 33.3 Å². The zero-order chi connectivity index (χ0) is 31.5. The number of carbonyl (C=O) groups is 3. The number of carbonyl (C=O) groups excluding carboxylic acids is 3. The van der Waals surface area contributed by atoms with Crippen LogP contribution >= 0.6 is 11.8 Å². The van der Waals surface area contributed by atoms with Crippen molar-refractivity contribution in [3.05, 3.63) is 84.8 Å². The van der Waals surface area contributed by atoms with Crippen LogP contribution in [0, 0.1) is 0 Å². The molecule has 4 heterocycles. The largest absolute Gasteiger partial charge is 0.332 e. The molecule has 3 aromatic rings. The van der Waals surface area contributed by atoms with Crippen LogP contribution in [0.2, 0.25) is 0 Å². The Balaban J connectivity index is 1.20. The molecule has 0 spiro atoms. The van der Waals surface area contributed by atoms with Gasteiger partial charge in [-0.25, -0.2) is 24.1 Å². The number of aromatic nitrogens is 2. The highest BCUT2D eigenvalue weighted by Gasteiger charge is 2.51. The number of rotatable bonds is 9. The molecule has 10 nitrogen and oxygen atoms in total. The van der Waals surface area contributed by atoms with Crippen LogP contribution < -0.4 is 15.1 Å². The molecule has 0 radical (unpaired) electrons. The Morgan fingerprint density at radius 3 is 2.52 bits per heavy atom. The van der Waals surface area contributed by atoms with E-state index in [4.69, 9.17) is 0 Å². The lowest BCUT2D eigenvalue weighted by atomic mass is 10.0. The van der Waals surface area contributed by atoms with Crippen molar-refractivity contribution in [2.75, 3.05) is 41.3 Å². The summed E-state index contributed by atoms with van der Waals surface area (Å²) >= 11 is 1.06. The summed E-state index contributed by atoms with van der Waals surface area (Å²) in [5.74, 6) is 0.662. The molecular formula is C32H36FN7O3S. The molecule has 0 bridgehead atoms.